The van der Waals surface area contributed by atoms with E-state index in [1.807, 2.05) is 37.4 Å². The van der Waals surface area contributed by atoms with Gasteiger partial charge in [0.25, 0.3) is 0 Å². The number of para-hydroxylation sites is 1. The van der Waals surface area contributed by atoms with Crippen molar-refractivity contribution >= 4 is 16.3 Å². The van der Waals surface area contributed by atoms with Gasteiger partial charge in [-0.15, -0.1) is 12.6 Å². The molecule has 66 valence electrons. The van der Waals surface area contributed by atoms with Crippen LogP contribution >= 0.6 is 0 Å². The van der Waals surface area contributed by atoms with Crippen LogP contribution in [-0.4, -0.2) is 19.7 Å². The maximum absolute atomic E-state index is 8.44. The molecular weight excluding hydrogens is 178 g/mol. The lowest BCUT2D eigenvalue weighted by atomic mass is 10.3. The summed E-state index contributed by atoms with van der Waals surface area (Å²) in [6, 6.07) is 10.1. The summed E-state index contributed by atoms with van der Waals surface area (Å²) in [5, 5.41) is 3.03. The van der Waals surface area contributed by atoms with Crippen molar-refractivity contribution in [1.29, 1.82) is 0 Å². The molecule has 1 rings (SSSR count). The molecule has 12 heavy (non-hydrogen) atoms. The summed E-state index contributed by atoms with van der Waals surface area (Å²) >= 11 is 0. The van der Waals surface area contributed by atoms with Crippen molar-refractivity contribution in [2.75, 3.05) is 12.4 Å². The summed E-state index contributed by atoms with van der Waals surface area (Å²) in [5.74, 6) is 0. The summed E-state index contributed by atoms with van der Waals surface area (Å²) in [5.41, 5.74) is 1.16. The second-order valence-corrected chi connectivity index (χ2v) is 2.23. The van der Waals surface area contributed by atoms with Crippen LogP contribution in [0, 0.1) is 0 Å². The van der Waals surface area contributed by atoms with Gasteiger partial charge in [0.1, 0.15) is 0 Å². The molecule has 0 amide bonds. The highest BCUT2D eigenvalue weighted by Gasteiger charge is 1.77. The van der Waals surface area contributed by atoms with E-state index < -0.39 is 10.6 Å². The third-order valence-corrected chi connectivity index (χ3v) is 1.06. The van der Waals surface area contributed by atoms with E-state index in [0.29, 0.717) is 0 Å². The molecule has 0 radical (unpaired) electrons. The van der Waals surface area contributed by atoms with Crippen LogP contribution in [0.5, 0.6) is 0 Å². The lowest BCUT2D eigenvalue weighted by Gasteiger charge is -1.94. The molecule has 0 aliphatic carbocycles. The number of nitrogens with one attached hydrogen (secondary N) is 1. The van der Waals surface area contributed by atoms with E-state index in [9.17, 15) is 0 Å². The smallest absolute Gasteiger partial charge is 0.388 e. The van der Waals surface area contributed by atoms with Gasteiger partial charge in [-0.25, -0.2) is 0 Å². The molecular formula is C7H9NO3S. The Kier molecular flexibility index (Phi) is 5.64. The zero-order valence-corrected chi connectivity index (χ0v) is 7.34. The topological polar surface area (TPSA) is 63.2 Å². The fourth-order valence-electron chi connectivity index (χ4n) is 0.605. The van der Waals surface area contributed by atoms with Crippen molar-refractivity contribution in [3.8, 4) is 0 Å². The largest absolute Gasteiger partial charge is 0.425 e. The predicted octanol–water partition coefficient (Wildman–Crippen LogP) is 0.724. The van der Waals surface area contributed by atoms with Crippen molar-refractivity contribution in [3.63, 3.8) is 0 Å². The van der Waals surface area contributed by atoms with Gasteiger partial charge in [0, 0.05) is 12.7 Å². The molecule has 5 heteroatoms. The van der Waals surface area contributed by atoms with Gasteiger partial charge in [0.05, 0.1) is 0 Å². The monoisotopic (exact) mass is 187 g/mol. The summed E-state index contributed by atoms with van der Waals surface area (Å²) in [6.45, 7) is 0. The minimum atomic E-state index is -3.11. The Morgan fingerprint density at radius 1 is 1.08 bits per heavy atom. The number of anilines is 1. The quantitative estimate of drug-likeness (QED) is 0.703. The molecule has 0 heterocycles. The van der Waals surface area contributed by atoms with Crippen molar-refractivity contribution in [1.82, 2.24) is 0 Å². The number of hydrogen-bond acceptors (Lipinski definition) is 4. The lowest BCUT2D eigenvalue weighted by Crippen LogP contribution is -1.84. The molecule has 0 atom stereocenters. The van der Waals surface area contributed by atoms with E-state index in [0.717, 1.165) is 5.69 Å². The van der Waals surface area contributed by atoms with E-state index in [2.05, 4.69) is 5.32 Å². The van der Waals surface area contributed by atoms with Crippen LogP contribution in [0.4, 0.5) is 5.69 Å². The van der Waals surface area contributed by atoms with Crippen LogP contribution in [0.2, 0.25) is 0 Å². The van der Waals surface area contributed by atoms with Crippen molar-refractivity contribution in [3.05, 3.63) is 30.3 Å². The number of benzene rings is 1. The van der Waals surface area contributed by atoms with Gasteiger partial charge < -0.3 is 5.32 Å². The molecule has 0 fully saturated rings. The molecule has 1 N–H and O–H groups in total. The predicted molar refractivity (Wildman–Crippen MR) is 45.7 cm³/mol. The average Bonchev–Trinajstić information content (AvgIpc) is 2.05. The molecule has 0 spiro atoms. The molecule has 0 aliphatic heterocycles. The molecule has 4 nitrogen and oxygen atoms in total. The molecule has 1 aromatic carbocycles. The van der Waals surface area contributed by atoms with Crippen LogP contribution in [0.25, 0.3) is 0 Å². The van der Waals surface area contributed by atoms with E-state index in [1.165, 1.54) is 0 Å². The first kappa shape index (κ1) is 10.6. The highest BCUT2D eigenvalue weighted by Crippen LogP contribution is 2.01. The molecule has 1 aromatic rings. The van der Waals surface area contributed by atoms with Gasteiger partial charge in [0.15, 0.2) is 0 Å². The standard InChI is InChI=1S/C7H9N.O3S/c1-8-7-5-3-2-4-6-7;1-4(2)3/h2-6,8H,1H3;. The Morgan fingerprint density at radius 2 is 1.50 bits per heavy atom. The van der Waals surface area contributed by atoms with Crippen molar-refractivity contribution < 1.29 is 12.6 Å². The summed E-state index contributed by atoms with van der Waals surface area (Å²) < 4.78 is 25.3. The lowest BCUT2D eigenvalue weighted by molar-refractivity contribution is 0.559. The normalized spacial score (nSPS) is 7.75. The Bertz CT molecular complexity index is 298. The van der Waals surface area contributed by atoms with Crippen LogP contribution in [-0.2, 0) is 10.6 Å². The SMILES string of the molecule is CNc1ccccc1.O=S(=O)=O. The van der Waals surface area contributed by atoms with E-state index in [1.54, 1.807) is 0 Å². The first-order valence-electron chi connectivity index (χ1n) is 3.16. The molecule has 0 bridgehead atoms. The number of rotatable bonds is 1. The first-order chi connectivity index (χ1) is 5.66. The Labute approximate surface area is 72.3 Å². The zero-order chi connectivity index (χ0) is 9.40. The minimum absolute atomic E-state index is 1.16. The maximum atomic E-state index is 8.44. The fraction of sp³-hybridized carbons (Fsp3) is 0.143. The minimum Gasteiger partial charge on any atom is -0.388 e. The van der Waals surface area contributed by atoms with Gasteiger partial charge in [0.2, 0.25) is 0 Å². The molecule has 0 unspecified atom stereocenters. The Hall–Kier alpha value is -1.36. The van der Waals surface area contributed by atoms with Gasteiger partial charge in [-0.3, -0.25) is 0 Å². The molecule has 0 saturated carbocycles. The van der Waals surface area contributed by atoms with E-state index in [4.69, 9.17) is 12.6 Å². The molecule has 0 aromatic heterocycles. The third kappa shape index (κ3) is 6.76. The highest BCUT2D eigenvalue weighted by atomic mass is 32.2. The third-order valence-electron chi connectivity index (χ3n) is 1.06. The van der Waals surface area contributed by atoms with Crippen LogP contribution in [0.3, 0.4) is 0 Å². The summed E-state index contributed by atoms with van der Waals surface area (Å²) in [7, 11) is -1.20. The van der Waals surface area contributed by atoms with Crippen LogP contribution < -0.4 is 5.32 Å². The van der Waals surface area contributed by atoms with Gasteiger partial charge in [-0.05, 0) is 12.1 Å². The first-order valence-corrected chi connectivity index (χ1v) is 4.16. The van der Waals surface area contributed by atoms with Crippen LogP contribution in [0.1, 0.15) is 0 Å². The Morgan fingerprint density at radius 3 is 1.75 bits per heavy atom. The zero-order valence-electron chi connectivity index (χ0n) is 6.52. The van der Waals surface area contributed by atoms with Gasteiger partial charge in [-0.2, -0.15) is 0 Å². The summed E-state index contributed by atoms with van der Waals surface area (Å²) in [4.78, 5) is 0. The van der Waals surface area contributed by atoms with Crippen LogP contribution in [0.15, 0.2) is 30.3 Å². The second kappa shape index (κ2) is 6.36. The fourth-order valence-corrected chi connectivity index (χ4v) is 0.605. The van der Waals surface area contributed by atoms with Crippen molar-refractivity contribution in [2.24, 2.45) is 0 Å². The van der Waals surface area contributed by atoms with E-state index >= 15 is 0 Å². The molecule has 0 saturated heterocycles. The average molecular weight is 187 g/mol. The Balaban J connectivity index is 0.000000261. The van der Waals surface area contributed by atoms with Crippen molar-refractivity contribution in [2.45, 2.75) is 0 Å². The number of hydrogen-bond donors (Lipinski definition) is 1. The van der Waals surface area contributed by atoms with Gasteiger partial charge in [-0.1, -0.05) is 18.2 Å². The van der Waals surface area contributed by atoms with E-state index in [-0.39, 0.29) is 0 Å². The maximum Gasteiger partial charge on any atom is 0.425 e. The highest BCUT2D eigenvalue weighted by molar-refractivity contribution is 7.59. The second-order valence-electron chi connectivity index (χ2n) is 1.82. The molecule has 0 aliphatic rings. The summed E-state index contributed by atoms with van der Waals surface area (Å²) in [6.07, 6.45) is 0. The van der Waals surface area contributed by atoms with Gasteiger partial charge >= 0.3 is 10.6 Å².